The molecule has 1 unspecified atom stereocenters. The first-order valence-corrected chi connectivity index (χ1v) is 7.65. The summed E-state index contributed by atoms with van der Waals surface area (Å²) >= 11 is 1.75. The minimum Gasteiger partial charge on any atom is -0.493 e. The van der Waals surface area contributed by atoms with Gasteiger partial charge >= 0.3 is 0 Å². The van der Waals surface area contributed by atoms with Gasteiger partial charge in [0.05, 0.1) is 13.7 Å². The normalized spacial score (nSPS) is 12.2. The summed E-state index contributed by atoms with van der Waals surface area (Å²) in [7, 11) is 1.66. The zero-order valence-electron chi connectivity index (χ0n) is 12.0. The SMILES string of the molecule is COc1cccc(CC(C)N)c1OCCc1cccs1. The fraction of sp³-hybridized carbons (Fsp3) is 0.375. The average molecular weight is 291 g/mol. The lowest BCUT2D eigenvalue weighted by atomic mass is 10.1. The minimum atomic E-state index is 0.0988. The lowest BCUT2D eigenvalue weighted by Gasteiger charge is -2.16. The van der Waals surface area contributed by atoms with Gasteiger partial charge < -0.3 is 15.2 Å². The van der Waals surface area contributed by atoms with Crippen molar-refractivity contribution in [2.24, 2.45) is 5.73 Å². The summed E-state index contributed by atoms with van der Waals surface area (Å²) in [6.07, 6.45) is 1.69. The molecule has 2 aromatic rings. The van der Waals surface area contributed by atoms with Crippen LogP contribution in [0.4, 0.5) is 0 Å². The van der Waals surface area contributed by atoms with Gasteiger partial charge in [-0.2, -0.15) is 0 Å². The molecule has 3 nitrogen and oxygen atoms in total. The third-order valence-corrected chi connectivity index (χ3v) is 3.93. The van der Waals surface area contributed by atoms with Crippen LogP contribution < -0.4 is 15.2 Å². The molecule has 0 saturated heterocycles. The Morgan fingerprint density at radius 2 is 2.10 bits per heavy atom. The van der Waals surface area contributed by atoms with Crippen molar-refractivity contribution >= 4 is 11.3 Å². The number of methoxy groups -OCH3 is 1. The molecular formula is C16H21NO2S. The van der Waals surface area contributed by atoms with E-state index >= 15 is 0 Å². The van der Waals surface area contributed by atoms with E-state index in [0.717, 1.165) is 29.9 Å². The number of para-hydroxylation sites is 1. The lowest BCUT2D eigenvalue weighted by molar-refractivity contribution is 0.295. The molecule has 0 bridgehead atoms. The van der Waals surface area contributed by atoms with Gasteiger partial charge in [-0.15, -0.1) is 11.3 Å². The maximum atomic E-state index is 5.96. The van der Waals surface area contributed by atoms with E-state index in [0.29, 0.717) is 6.61 Å². The van der Waals surface area contributed by atoms with Gasteiger partial charge in [0.15, 0.2) is 11.5 Å². The minimum absolute atomic E-state index is 0.0988. The Labute approximate surface area is 124 Å². The van der Waals surface area contributed by atoms with Gasteiger partial charge in [0, 0.05) is 17.3 Å². The van der Waals surface area contributed by atoms with Crippen LogP contribution in [0.2, 0.25) is 0 Å². The highest BCUT2D eigenvalue weighted by molar-refractivity contribution is 7.09. The van der Waals surface area contributed by atoms with Crippen LogP contribution in [-0.4, -0.2) is 19.8 Å². The summed E-state index contributed by atoms with van der Waals surface area (Å²) in [5, 5.41) is 2.08. The molecule has 0 spiro atoms. The molecule has 1 aromatic carbocycles. The van der Waals surface area contributed by atoms with E-state index in [4.69, 9.17) is 15.2 Å². The Balaban J connectivity index is 2.07. The second kappa shape index (κ2) is 7.31. The average Bonchev–Trinajstić information content (AvgIpc) is 2.92. The summed E-state index contributed by atoms with van der Waals surface area (Å²) in [6, 6.07) is 10.2. The van der Waals surface area contributed by atoms with E-state index in [1.807, 2.05) is 25.1 Å². The number of benzene rings is 1. The van der Waals surface area contributed by atoms with E-state index < -0.39 is 0 Å². The van der Waals surface area contributed by atoms with Crippen molar-refractivity contribution < 1.29 is 9.47 Å². The van der Waals surface area contributed by atoms with Crippen molar-refractivity contribution in [2.45, 2.75) is 25.8 Å². The van der Waals surface area contributed by atoms with Crippen LogP contribution in [0.25, 0.3) is 0 Å². The number of hydrogen-bond donors (Lipinski definition) is 1. The largest absolute Gasteiger partial charge is 0.493 e. The zero-order chi connectivity index (χ0) is 14.4. The van der Waals surface area contributed by atoms with Gasteiger partial charge in [-0.1, -0.05) is 18.2 Å². The van der Waals surface area contributed by atoms with Gasteiger partial charge in [-0.3, -0.25) is 0 Å². The molecule has 0 saturated carbocycles. The van der Waals surface area contributed by atoms with Crippen LogP contribution in [0, 0.1) is 0 Å². The Kier molecular flexibility index (Phi) is 5.44. The molecule has 0 fully saturated rings. The second-order valence-corrected chi connectivity index (χ2v) is 5.84. The highest BCUT2D eigenvalue weighted by Gasteiger charge is 2.12. The van der Waals surface area contributed by atoms with Gasteiger partial charge in [-0.05, 0) is 36.4 Å². The van der Waals surface area contributed by atoms with Crippen LogP contribution in [0.3, 0.4) is 0 Å². The van der Waals surface area contributed by atoms with Crippen LogP contribution in [0.15, 0.2) is 35.7 Å². The van der Waals surface area contributed by atoms with E-state index in [-0.39, 0.29) is 6.04 Å². The molecule has 1 aromatic heterocycles. The maximum absolute atomic E-state index is 5.96. The molecule has 2 N–H and O–H groups in total. The topological polar surface area (TPSA) is 44.5 Å². The first kappa shape index (κ1) is 14.9. The van der Waals surface area contributed by atoms with Gasteiger partial charge in [0.1, 0.15) is 0 Å². The third-order valence-electron chi connectivity index (χ3n) is 3.00. The van der Waals surface area contributed by atoms with E-state index in [9.17, 15) is 0 Å². The van der Waals surface area contributed by atoms with Crippen LogP contribution in [-0.2, 0) is 12.8 Å². The van der Waals surface area contributed by atoms with Crippen molar-refractivity contribution in [1.29, 1.82) is 0 Å². The Bertz CT molecular complexity index is 523. The van der Waals surface area contributed by atoms with Crippen molar-refractivity contribution in [2.75, 3.05) is 13.7 Å². The van der Waals surface area contributed by atoms with Crippen molar-refractivity contribution in [3.8, 4) is 11.5 Å². The van der Waals surface area contributed by atoms with Crippen molar-refractivity contribution in [1.82, 2.24) is 0 Å². The summed E-state index contributed by atoms with van der Waals surface area (Å²) in [5.41, 5.74) is 7.00. The van der Waals surface area contributed by atoms with Crippen LogP contribution in [0.1, 0.15) is 17.4 Å². The Hall–Kier alpha value is -1.52. The predicted molar refractivity (Wildman–Crippen MR) is 83.9 cm³/mol. The molecule has 20 heavy (non-hydrogen) atoms. The van der Waals surface area contributed by atoms with Gasteiger partial charge in [0.2, 0.25) is 0 Å². The number of hydrogen-bond acceptors (Lipinski definition) is 4. The summed E-state index contributed by atoms with van der Waals surface area (Å²) in [5.74, 6) is 1.60. The molecule has 1 heterocycles. The first-order valence-electron chi connectivity index (χ1n) is 6.77. The van der Waals surface area contributed by atoms with Crippen molar-refractivity contribution in [3.05, 3.63) is 46.2 Å². The molecule has 0 aliphatic heterocycles. The highest BCUT2D eigenvalue weighted by Crippen LogP contribution is 2.32. The number of ether oxygens (including phenoxy) is 2. The second-order valence-electron chi connectivity index (χ2n) is 4.81. The number of nitrogens with two attached hydrogens (primary N) is 1. The predicted octanol–water partition coefficient (Wildman–Crippen LogP) is 3.27. The van der Waals surface area contributed by atoms with Crippen molar-refractivity contribution in [3.63, 3.8) is 0 Å². The van der Waals surface area contributed by atoms with E-state index in [1.165, 1.54) is 4.88 Å². The molecular weight excluding hydrogens is 270 g/mol. The maximum Gasteiger partial charge on any atom is 0.164 e. The van der Waals surface area contributed by atoms with Gasteiger partial charge in [0.25, 0.3) is 0 Å². The Morgan fingerprint density at radius 1 is 1.25 bits per heavy atom. The van der Waals surface area contributed by atoms with Crippen LogP contribution in [0.5, 0.6) is 11.5 Å². The van der Waals surface area contributed by atoms with E-state index in [1.54, 1.807) is 18.4 Å². The lowest BCUT2D eigenvalue weighted by Crippen LogP contribution is -2.18. The molecule has 0 aliphatic carbocycles. The molecule has 4 heteroatoms. The molecule has 1 atom stereocenters. The third kappa shape index (κ3) is 3.99. The van der Waals surface area contributed by atoms with Gasteiger partial charge in [-0.25, -0.2) is 0 Å². The fourth-order valence-corrected chi connectivity index (χ4v) is 2.79. The zero-order valence-corrected chi connectivity index (χ0v) is 12.8. The standard InChI is InChI=1S/C16H21NO2S/c1-12(17)11-13-5-3-7-15(18-2)16(13)19-9-8-14-6-4-10-20-14/h3-7,10,12H,8-9,11,17H2,1-2H3. The smallest absolute Gasteiger partial charge is 0.164 e. The monoisotopic (exact) mass is 291 g/mol. The van der Waals surface area contributed by atoms with Crippen LogP contribution >= 0.6 is 11.3 Å². The summed E-state index contributed by atoms with van der Waals surface area (Å²) in [4.78, 5) is 1.33. The molecule has 0 radical (unpaired) electrons. The summed E-state index contributed by atoms with van der Waals surface area (Å²) < 4.78 is 11.4. The number of rotatable bonds is 7. The molecule has 0 aliphatic rings. The highest BCUT2D eigenvalue weighted by atomic mass is 32.1. The first-order chi connectivity index (χ1) is 9.70. The molecule has 0 amide bonds. The molecule has 2 rings (SSSR count). The quantitative estimate of drug-likeness (QED) is 0.851. The molecule has 108 valence electrons. The Morgan fingerprint density at radius 3 is 2.75 bits per heavy atom. The fourth-order valence-electron chi connectivity index (χ4n) is 2.10. The van der Waals surface area contributed by atoms with E-state index in [2.05, 4.69) is 17.5 Å². The summed E-state index contributed by atoms with van der Waals surface area (Å²) in [6.45, 7) is 2.64. The number of thiophene rings is 1.